The Morgan fingerprint density at radius 1 is 1.33 bits per heavy atom. The second kappa shape index (κ2) is 4.26. The Balaban J connectivity index is 2.75. The number of nitrogens with two attached hydrogens (primary N) is 1. The quantitative estimate of drug-likeness (QED) is 0.311. The van der Waals surface area contributed by atoms with E-state index in [1.54, 1.807) is 17.6 Å². The lowest BCUT2D eigenvalue weighted by atomic mass is 10.2. The number of carbonyl (C=O) groups is 1. The first-order valence-corrected chi connectivity index (χ1v) is 5.23. The summed E-state index contributed by atoms with van der Waals surface area (Å²) in [6.45, 7) is 0. The molecule has 0 radical (unpaired) electrons. The van der Waals surface area contributed by atoms with Crippen LogP contribution in [0.15, 0.2) is 24.3 Å². The molecule has 1 aromatic carbocycles. The number of para-hydroxylation sites is 1. The van der Waals surface area contributed by atoms with Gasteiger partial charge in [0, 0.05) is 5.69 Å². The molecule has 5 N–H and O–H groups in total. The predicted octanol–water partition coefficient (Wildman–Crippen LogP) is -0.694. The molecule has 15 heavy (non-hydrogen) atoms. The number of nitrogens with one attached hydrogen (secondary N) is 2. The summed E-state index contributed by atoms with van der Waals surface area (Å²) >= 11 is 0. The molecule has 0 aromatic heterocycles. The van der Waals surface area contributed by atoms with Crippen LogP contribution in [0.1, 0.15) is 10.4 Å². The van der Waals surface area contributed by atoms with Crippen molar-refractivity contribution in [1.29, 1.82) is 0 Å². The summed E-state index contributed by atoms with van der Waals surface area (Å²) in [5.74, 6) is -0.759. The zero-order chi connectivity index (χ0) is 11.5. The van der Waals surface area contributed by atoms with Crippen molar-refractivity contribution in [1.82, 2.24) is 10.3 Å². The molecule has 0 aliphatic rings. The smallest absolute Gasteiger partial charge is 0.350 e. The van der Waals surface area contributed by atoms with Crippen molar-refractivity contribution in [2.75, 3.05) is 5.73 Å². The van der Waals surface area contributed by atoms with E-state index in [4.69, 9.17) is 10.3 Å². The molecule has 0 bridgehead atoms. The molecule has 0 heterocycles. The molecule has 7 nitrogen and oxygen atoms in total. The van der Waals surface area contributed by atoms with Crippen LogP contribution < -0.4 is 16.0 Å². The number of amides is 1. The van der Waals surface area contributed by atoms with Gasteiger partial charge >= 0.3 is 10.3 Å². The van der Waals surface area contributed by atoms with Gasteiger partial charge in [0.2, 0.25) is 0 Å². The van der Waals surface area contributed by atoms with E-state index < -0.39 is 16.2 Å². The molecular weight excluding hydrogens is 222 g/mol. The minimum Gasteiger partial charge on any atom is -0.398 e. The summed E-state index contributed by atoms with van der Waals surface area (Å²) in [7, 11) is -4.46. The molecule has 0 fully saturated rings. The Morgan fingerprint density at radius 3 is 2.47 bits per heavy atom. The fourth-order valence-electron chi connectivity index (χ4n) is 0.882. The number of rotatable bonds is 3. The summed E-state index contributed by atoms with van der Waals surface area (Å²) in [5, 5.41) is 0. The van der Waals surface area contributed by atoms with Gasteiger partial charge in [0.15, 0.2) is 0 Å². The Hall–Kier alpha value is -1.64. The van der Waals surface area contributed by atoms with Gasteiger partial charge < -0.3 is 5.73 Å². The molecule has 0 saturated heterocycles. The number of anilines is 1. The monoisotopic (exact) mass is 231 g/mol. The van der Waals surface area contributed by atoms with Gasteiger partial charge in [-0.2, -0.15) is 8.42 Å². The molecule has 0 aliphatic heterocycles. The van der Waals surface area contributed by atoms with Gasteiger partial charge in [0.25, 0.3) is 5.91 Å². The highest BCUT2D eigenvalue weighted by Gasteiger charge is 2.10. The van der Waals surface area contributed by atoms with Crippen LogP contribution in [0, 0.1) is 0 Å². The van der Waals surface area contributed by atoms with Crippen molar-refractivity contribution in [3.05, 3.63) is 29.8 Å². The van der Waals surface area contributed by atoms with Gasteiger partial charge in [-0.05, 0) is 12.1 Å². The molecular formula is C7H9N3O4S. The first-order valence-electron chi connectivity index (χ1n) is 3.79. The third-order valence-corrected chi connectivity index (χ3v) is 1.86. The summed E-state index contributed by atoms with van der Waals surface area (Å²) in [6, 6.07) is 6.10. The third-order valence-electron chi connectivity index (χ3n) is 1.50. The summed E-state index contributed by atoms with van der Waals surface area (Å²) in [6.07, 6.45) is 0. The van der Waals surface area contributed by atoms with E-state index in [1.807, 2.05) is 0 Å². The van der Waals surface area contributed by atoms with E-state index in [9.17, 15) is 13.2 Å². The van der Waals surface area contributed by atoms with Crippen molar-refractivity contribution in [2.45, 2.75) is 0 Å². The SMILES string of the molecule is Nc1ccccc1C(=O)NNS(=O)(=O)O. The van der Waals surface area contributed by atoms with Crippen LogP contribution in [0.3, 0.4) is 0 Å². The van der Waals surface area contributed by atoms with E-state index in [1.165, 1.54) is 17.0 Å². The van der Waals surface area contributed by atoms with E-state index >= 15 is 0 Å². The summed E-state index contributed by atoms with van der Waals surface area (Å²) in [4.78, 5) is 12.7. The number of hydrogen-bond acceptors (Lipinski definition) is 4. The van der Waals surface area contributed by atoms with Crippen LogP contribution in [0.5, 0.6) is 0 Å². The number of hydrazine groups is 1. The molecule has 8 heteroatoms. The van der Waals surface area contributed by atoms with Gasteiger partial charge in [-0.15, -0.1) is 4.83 Å². The van der Waals surface area contributed by atoms with E-state index in [-0.39, 0.29) is 11.3 Å². The zero-order valence-corrected chi connectivity index (χ0v) is 8.28. The average molecular weight is 231 g/mol. The van der Waals surface area contributed by atoms with Crippen LogP contribution in [0.2, 0.25) is 0 Å². The number of carbonyl (C=O) groups excluding carboxylic acids is 1. The Morgan fingerprint density at radius 2 is 1.93 bits per heavy atom. The molecule has 1 amide bonds. The molecule has 1 aromatic rings. The Labute approximate surface area is 86.1 Å². The molecule has 0 unspecified atom stereocenters. The lowest BCUT2D eigenvalue weighted by molar-refractivity contribution is 0.0944. The van der Waals surface area contributed by atoms with Gasteiger partial charge in [-0.3, -0.25) is 14.8 Å². The van der Waals surface area contributed by atoms with Crippen LogP contribution in [0.4, 0.5) is 5.69 Å². The van der Waals surface area contributed by atoms with E-state index in [0.717, 1.165) is 0 Å². The molecule has 0 saturated carbocycles. The highest BCUT2D eigenvalue weighted by Crippen LogP contribution is 2.09. The number of hydrogen-bond donors (Lipinski definition) is 4. The van der Waals surface area contributed by atoms with Gasteiger partial charge in [-0.25, -0.2) is 0 Å². The summed E-state index contributed by atoms with van der Waals surface area (Å²) in [5.41, 5.74) is 7.54. The molecule has 0 spiro atoms. The Kier molecular flexibility index (Phi) is 3.24. The third kappa shape index (κ3) is 3.54. The van der Waals surface area contributed by atoms with Crippen molar-refractivity contribution >= 4 is 21.9 Å². The normalized spacial score (nSPS) is 11.0. The first kappa shape index (κ1) is 11.4. The van der Waals surface area contributed by atoms with E-state index in [0.29, 0.717) is 0 Å². The van der Waals surface area contributed by atoms with Crippen molar-refractivity contribution < 1.29 is 17.8 Å². The Bertz CT molecular complexity index is 471. The maximum atomic E-state index is 11.3. The lowest BCUT2D eigenvalue weighted by Crippen LogP contribution is -2.41. The minimum absolute atomic E-state index is 0.105. The molecule has 0 aliphatic carbocycles. The lowest BCUT2D eigenvalue weighted by Gasteiger charge is -2.05. The second-order valence-electron chi connectivity index (χ2n) is 2.62. The van der Waals surface area contributed by atoms with Crippen molar-refractivity contribution in [2.24, 2.45) is 0 Å². The standard InChI is InChI=1S/C7H9N3O4S/c8-6-4-2-1-3-5(6)7(11)9-10-15(12,13)14/h1-4,10H,8H2,(H,9,11)(H,12,13,14). The van der Waals surface area contributed by atoms with Crippen LogP contribution in [-0.2, 0) is 10.3 Å². The van der Waals surface area contributed by atoms with Crippen LogP contribution >= 0.6 is 0 Å². The fraction of sp³-hybridized carbons (Fsp3) is 0. The topological polar surface area (TPSA) is 122 Å². The predicted molar refractivity (Wildman–Crippen MR) is 53.0 cm³/mol. The van der Waals surface area contributed by atoms with E-state index in [2.05, 4.69) is 0 Å². The highest BCUT2D eigenvalue weighted by atomic mass is 32.2. The molecule has 0 atom stereocenters. The summed E-state index contributed by atoms with van der Waals surface area (Å²) < 4.78 is 28.8. The number of nitrogen functional groups attached to an aromatic ring is 1. The largest absolute Gasteiger partial charge is 0.398 e. The van der Waals surface area contributed by atoms with Gasteiger partial charge in [0.05, 0.1) is 5.56 Å². The average Bonchev–Trinajstić information content (AvgIpc) is 2.14. The first-order chi connectivity index (χ1) is 6.90. The molecule has 82 valence electrons. The molecule has 1 rings (SSSR count). The van der Waals surface area contributed by atoms with Gasteiger partial charge in [0.1, 0.15) is 0 Å². The van der Waals surface area contributed by atoms with Gasteiger partial charge in [-0.1, -0.05) is 12.1 Å². The second-order valence-corrected chi connectivity index (χ2v) is 3.77. The fourth-order valence-corrected chi connectivity index (χ4v) is 1.10. The number of benzene rings is 1. The maximum Gasteiger partial charge on any atom is 0.350 e. The zero-order valence-electron chi connectivity index (χ0n) is 7.47. The van der Waals surface area contributed by atoms with Crippen molar-refractivity contribution in [3.63, 3.8) is 0 Å². The highest BCUT2D eigenvalue weighted by molar-refractivity contribution is 7.83. The maximum absolute atomic E-state index is 11.3. The van der Waals surface area contributed by atoms with Crippen LogP contribution in [-0.4, -0.2) is 18.9 Å². The van der Waals surface area contributed by atoms with Crippen LogP contribution in [0.25, 0.3) is 0 Å². The minimum atomic E-state index is -4.46. The van der Waals surface area contributed by atoms with Crippen molar-refractivity contribution in [3.8, 4) is 0 Å².